The minimum absolute atomic E-state index is 0.0264. The smallest absolute Gasteiger partial charge is 0.327 e. The maximum Gasteiger partial charge on any atom is 0.327 e. The Morgan fingerprint density at radius 2 is 1.70 bits per heavy atom. The highest BCUT2D eigenvalue weighted by atomic mass is 32.1. The summed E-state index contributed by atoms with van der Waals surface area (Å²) in [6.45, 7) is 6.42. The van der Waals surface area contributed by atoms with Crippen LogP contribution in [0.5, 0.6) is 17.2 Å². The van der Waals surface area contributed by atoms with E-state index in [-0.39, 0.29) is 28.2 Å². The summed E-state index contributed by atoms with van der Waals surface area (Å²) in [6, 6.07) is 9.30. The number of ether oxygens (including phenoxy) is 3. The van der Waals surface area contributed by atoms with Crippen molar-refractivity contribution >= 4 is 28.1 Å². The Morgan fingerprint density at radius 1 is 1.06 bits per heavy atom. The van der Waals surface area contributed by atoms with Gasteiger partial charge in [0.15, 0.2) is 10.9 Å². The van der Waals surface area contributed by atoms with Crippen LogP contribution in [0.2, 0.25) is 0 Å². The van der Waals surface area contributed by atoms with Gasteiger partial charge in [-0.2, -0.15) is 0 Å². The first-order valence-corrected chi connectivity index (χ1v) is 10.8. The van der Waals surface area contributed by atoms with Gasteiger partial charge in [-0.3, -0.25) is 20.2 Å². The van der Waals surface area contributed by atoms with Crippen LogP contribution in [0.15, 0.2) is 35.7 Å². The minimum atomic E-state index is -0.718. The molecule has 3 rings (SSSR count). The van der Waals surface area contributed by atoms with Gasteiger partial charge in [-0.1, -0.05) is 45.0 Å². The fourth-order valence-corrected chi connectivity index (χ4v) is 3.98. The van der Waals surface area contributed by atoms with Crippen molar-refractivity contribution in [3.05, 3.63) is 57.0 Å². The van der Waals surface area contributed by atoms with E-state index < -0.39 is 16.5 Å². The molecule has 174 valence electrons. The Morgan fingerprint density at radius 3 is 2.21 bits per heavy atom. The molecule has 0 radical (unpaired) electrons. The lowest BCUT2D eigenvalue weighted by molar-refractivity contribution is -0.386. The van der Waals surface area contributed by atoms with E-state index in [1.807, 2.05) is 29.6 Å². The molecule has 0 aliphatic rings. The van der Waals surface area contributed by atoms with E-state index in [1.54, 1.807) is 0 Å². The summed E-state index contributed by atoms with van der Waals surface area (Å²) in [4.78, 5) is 28.5. The molecule has 0 unspecified atom stereocenters. The lowest BCUT2D eigenvalue weighted by Gasteiger charge is -2.18. The molecular formula is C23H25N3O6S. The van der Waals surface area contributed by atoms with E-state index in [0.717, 1.165) is 5.56 Å². The van der Waals surface area contributed by atoms with Gasteiger partial charge in [-0.15, -0.1) is 11.3 Å². The number of hydrogen-bond donors (Lipinski definition) is 1. The Bertz CT molecular complexity index is 1180. The molecule has 0 fully saturated rings. The van der Waals surface area contributed by atoms with Crippen molar-refractivity contribution in [2.75, 3.05) is 26.6 Å². The third-order valence-corrected chi connectivity index (χ3v) is 5.76. The highest BCUT2D eigenvalue weighted by Crippen LogP contribution is 2.46. The topological polar surface area (TPSA) is 113 Å². The van der Waals surface area contributed by atoms with Crippen LogP contribution in [0.1, 0.15) is 36.7 Å². The van der Waals surface area contributed by atoms with E-state index in [0.29, 0.717) is 10.8 Å². The summed E-state index contributed by atoms with van der Waals surface area (Å²) < 4.78 is 15.6. The zero-order valence-electron chi connectivity index (χ0n) is 19.2. The number of rotatable bonds is 7. The summed E-state index contributed by atoms with van der Waals surface area (Å²) in [7, 11) is 3.95. The Hall–Kier alpha value is -3.66. The largest absolute Gasteiger partial charge is 0.493 e. The number of nitro groups is 1. The van der Waals surface area contributed by atoms with E-state index in [2.05, 4.69) is 31.1 Å². The number of nitro benzene ring substituents is 1. The zero-order valence-corrected chi connectivity index (χ0v) is 20.0. The quantitative estimate of drug-likeness (QED) is 0.368. The van der Waals surface area contributed by atoms with Gasteiger partial charge in [0, 0.05) is 17.0 Å². The number of nitrogens with one attached hydrogen (secondary N) is 1. The maximum absolute atomic E-state index is 13.0. The van der Waals surface area contributed by atoms with E-state index >= 15 is 0 Å². The fraction of sp³-hybridized carbons (Fsp3) is 0.304. The zero-order chi connectivity index (χ0) is 24.3. The molecule has 3 aromatic rings. The number of carbonyl (C=O) groups is 1. The van der Waals surface area contributed by atoms with E-state index in [4.69, 9.17) is 14.2 Å². The number of hydrogen-bond acceptors (Lipinski definition) is 8. The number of amides is 1. The van der Waals surface area contributed by atoms with Gasteiger partial charge in [-0.25, -0.2) is 4.98 Å². The molecule has 9 nitrogen and oxygen atoms in total. The molecule has 0 spiro atoms. The van der Waals surface area contributed by atoms with Crippen LogP contribution >= 0.6 is 11.3 Å². The Balaban J connectivity index is 1.92. The van der Waals surface area contributed by atoms with Crippen molar-refractivity contribution in [2.24, 2.45) is 0 Å². The van der Waals surface area contributed by atoms with E-state index in [9.17, 15) is 14.9 Å². The van der Waals surface area contributed by atoms with Crippen LogP contribution in [0.25, 0.3) is 11.3 Å². The number of aromatic nitrogens is 1. The van der Waals surface area contributed by atoms with Crippen LogP contribution in [-0.2, 0) is 5.41 Å². The molecule has 1 heterocycles. The molecule has 0 saturated carbocycles. The molecule has 10 heteroatoms. The molecule has 0 aliphatic carbocycles. The van der Waals surface area contributed by atoms with Gasteiger partial charge in [0.2, 0.25) is 11.5 Å². The molecule has 2 aromatic carbocycles. The SMILES string of the molecule is COc1cc(C(=O)Nc2nc(-c3ccc(C(C)(C)C)cc3)cs2)c([N+](=O)[O-])c(OC)c1OC. The molecular weight excluding hydrogens is 446 g/mol. The first kappa shape index (κ1) is 24.0. The first-order chi connectivity index (χ1) is 15.6. The molecule has 33 heavy (non-hydrogen) atoms. The first-order valence-electron chi connectivity index (χ1n) is 9.95. The number of benzene rings is 2. The van der Waals surface area contributed by atoms with Gasteiger partial charge in [-0.05, 0) is 11.0 Å². The summed E-state index contributed by atoms with van der Waals surface area (Å²) >= 11 is 1.22. The fourth-order valence-electron chi connectivity index (χ4n) is 3.26. The molecule has 1 N–H and O–H groups in total. The van der Waals surface area contributed by atoms with E-state index in [1.165, 1.54) is 44.3 Å². The predicted octanol–water partition coefficient (Wildman–Crippen LogP) is 5.29. The lowest BCUT2D eigenvalue weighted by atomic mass is 9.86. The highest BCUT2D eigenvalue weighted by Gasteiger charge is 2.32. The molecule has 1 aromatic heterocycles. The normalized spacial score (nSPS) is 11.1. The standard InChI is InChI=1S/C23H25N3O6S/c1-23(2,3)14-9-7-13(8-10-14)16-12-33-22(24-16)25-21(27)15-11-17(30-4)19(31-5)20(32-6)18(15)26(28)29/h7-12H,1-6H3,(H,24,25,27). The molecule has 0 aliphatic heterocycles. The second-order valence-electron chi connectivity index (χ2n) is 8.12. The van der Waals surface area contributed by atoms with Crippen LogP contribution < -0.4 is 19.5 Å². The summed E-state index contributed by atoms with van der Waals surface area (Å²) in [5, 5.41) is 16.5. The molecule has 1 amide bonds. The summed E-state index contributed by atoms with van der Waals surface area (Å²) in [5.74, 6) is -0.766. The number of nitrogens with zero attached hydrogens (tertiary/aromatic N) is 2. The van der Waals surface area contributed by atoms with Crippen LogP contribution in [0.3, 0.4) is 0 Å². The van der Waals surface area contributed by atoms with Crippen LogP contribution in [0.4, 0.5) is 10.8 Å². The van der Waals surface area contributed by atoms with Gasteiger partial charge in [0.25, 0.3) is 5.91 Å². The van der Waals surface area contributed by atoms with Crippen LogP contribution in [-0.4, -0.2) is 37.1 Å². The predicted molar refractivity (Wildman–Crippen MR) is 127 cm³/mol. The third-order valence-electron chi connectivity index (χ3n) is 5.00. The number of thiazole rings is 1. The second kappa shape index (κ2) is 9.45. The average molecular weight is 472 g/mol. The Kier molecular flexibility index (Phi) is 6.87. The number of carbonyl (C=O) groups excluding carboxylic acids is 1. The summed E-state index contributed by atoms with van der Waals surface area (Å²) in [6.07, 6.45) is 0. The summed E-state index contributed by atoms with van der Waals surface area (Å²) in [5.41, 5.74) is 2.07. The number of methoxy groups -OCH3 is 3. The number of anilines is 1. The maximum atomic E-state index is 13.0. The van der Waals surface area contributed by atoms with Crippen molar-refractivity contribution in [2.45, 2.75) is 26.2 Å². The van der Waals surface area contributed by atoms with Crippen LogP contribution in [0, 0.1) is 10.1 Å². The van der Waals surface area contributed by atoms with Crippen molar-refractivity contribution in [1.29, 1.82) is 0 Å². The van der Waals surface area contributed by atoms with Crippen molar-refractivity contribution in [1.82, 2.24) is 4.98 Å². The average Bonchev–Trinajstić information content (AvgIpc) is 3.25. The lowest BCUT2D eigenvalue weighted by Crippen LogP contribution is -2.15. The Labute approximate surface area is 195 Å². The minimum Gasteiger partial charge on any atom is -0.493 e. The molecule has 0 atom stereocenters. The monoisotopic (exact) mass is 471 g/mol. The van der Waals surface area contributed by atoms with Gasteiger partial charge in [0.1, 0.15) is 5.56 Å². The molecule has 0 saturated heterocycles. The second-order valence-corrected chi connectivity index (χ2v) is 8.98. The van der Waals surface area contributed by atoms with Gasteiger partial charge < -0.3 is 14.2 Å². The van der Waals surface area contributed by atoms with Crippen molar-refractivity contribution in [3.63, 3.8) is 0 Å². The van der Waals surface area contributed by atoms with Crippen molar-refractivity contribution < 1.29 is 23.9 Å². The van der Waals surface area contributed by atoms with Crippen molar-refractivity contribution in [3.8, 4) is 28.5 Å². The highest BCUT2D eigenvalue weighted by molar-refractivity contribution is 7.14. The molecule has 0 bridgehead atoms. The van der Waals surface area contributed by atoms with Gasteiger partial charge in [0.05, 0.1) is 31.9 Å². The third kappa shape index (κ3) is 4.90. The van der Waals surface area contributed by atoms with Gasteiger partial charge >= 0.3 is 5.69 Å².